The first-order valence-electron chi connectivity index (χ1n) is 11.0. The fraction of sp³-hybridized carbons (Fsp3) is 0.308. The highest BCUT2D eigenvalue weighted by Gasteiger charge is 2.25. The third kappa shape index (κ3) is 5.02. The van der Waals surface area contributed by atoms with E-state index in [0.29, 0.717) is 11.5 Å². The first kappa shape index (κ1) is 21.7. The van der Waals surface area contributed by atoms with Crippen LogP contribution in [0, 0.1) is 0 Å². The van der Waals surface area contributed by atoms with Crippen molar-refractivity contribution in [2.75, 3.05) is 13.7 Å². The van der Waals surface area contributed by atoms with E-state index in [-0.39, 0.29) is 18.6 Å². The minimum absolute atomic E-state index is 0.0452. The van der Waals surface area contributed by atoms with Gasteiger partial charge in [0.15, 0.2) is 18.1 Å². The van der Waals surface area contributed by atoms with Crippen molar-refractivity contribution in [1.82, 2.24) is 15.1 Å². The summed E-state index contributed by atoms with van der Waals surface area (Å²) in [6.07, 6.45) is 7.36. The summed E-state index contributed by atoms with van der Waals surface area (Å²) in [5.41, 5.74) is 4.60. The number of allylic oxidation sites excluding steroid dienone is 1. The highest BCUT2D eigenvalue weighted by molar-refractivity contribution is 5.78. The molecule has 0 saturated carbocycles. The molecule has 0 fully saturated rings. The highest BCUT2D eigenvalue weighted by atomic mass is 16.5. The van der Waals surface area contributed by atoms with Gasteiger partial charge in [-0.15, -0.1) is 6.58 Å². The second kappa shape index (κ2) is 10.2. The molecule has 1 heterocycles. The second-order valence-electron chi connectivity index (χ2n) is 7.97. The van der Waals surface area contributed by atoms with Gasteiger partial charge in [-0.3, -0.25) is 9.48 Å². The monoisotopic (exact) mass is 431 g/mol. The number of hydrogen-bond donors (Lipinski definition) is 1. The molecule has 32 heavy (non-hydrogen) atoms. The number of fused-ring (bicyclic) bond motifs is 1. The van der Waals surface area contributed by atoms with Crippen molar-refractivity contribution in [1.29, 1.82) is 0 Å². The standard InChI is InChI=1S/C26H29N3O3/c1-3-8-19-13-14-24(25(15-19)31-2)32-18-26(30)28-22-11-7-12-23-21(22)16-27-29(23)17-20-9-5-4-6-10-20/h3-6,9-10,13-16,22H,1,7-8,11-12,17-18H2,2H3,(H,28,30). The van der Waals surface area contributed by atoms with Gasteiger partial charge in [0, 0.05) is 11.3 Å². The molecule has 1 aromatic heterocycles. The van der Waals surface area contributed by atoms with E-state index >= 15 is 0 Å². The molecule has 1 amide bonds. The van der Waals surface area contributed by atoms with Crippen LogP contribution in [0.2, 0.25) is 0 Å². The zero-order chi connectivity index (χ0) is 22.3. The molecule has 0 bridgehead atoms. The van der Waals surface area contributed by atoms with Crippen LogP contribution in [-0.2, 0) is 24.2 Å². The Morgan fingerprint density at radius 3 is 2.84 bits per heavy atom. The van der Waals surface area contributed by atoms with E-state index in [2.05, 4.69) is 33.8 Å². The Morgan fingerprint density at radius 1 is 1.22 bits per heavy atom. The Kier molecular flexibility index (Phi) is 6.90. The van der Waals surface area contributed by atoms with Crippen molar-refractivity contribution in [3.05, 3.63) is 89.8 Å². The number of aromatic nitrogens is 2. The number of nitrogens with one attached hydrogen (secondary N) is 1. The zero-order valence-corrected chi connectivity index (χ0v) is 18.4. The van der Waals surface area contributed by atoms with Crippen LogP contribution in [0.4, 0.5) is 0 Å². The van der Waals surface area contributed by atoms with Gasteiger partial charge in [-0.1, -0.05) is 42.5 Å². The summed E-state index contributed by atoms with van der Waals surface area (Å²) < 4.78 is 13.2. The van der Waals surface area contributed by atoms with Crippen LogP contribution in [0.15, 0.2) is 67.4 Å². The maximum Gasteiger partial charge on any atom is 0.258 e. The lowest BCUT2D eigenvalue weighted by molar-refractivity contribution is -0.124. The molecule has 3 aromatic rings. The molecule has 1 aliphatic carbocycles. The van der Waals surface area contributed by atoms with E-state index in [4.69, 9.17) is 9.47 Å². The number of methoxy groups -OCH3 is 1. The number of carbonyl (C=O) groups is 1. The van der Waals surface area contributed by atoms with Crippen molar-refractivity contribution < 1.29 is 14.3 Å². The van der Waals surface area contributed by atoms with Gasteiger partial charge in [-0.25, -0.2) is 0 Å². The first-order valence-corrected chi connectivity index (χ1v) is 11.0. The lowest BCUT2D eigenvalue weighted by Gasteiger charge is -2.24. The van der Waals surface area contributed by atoms with Gasteiger partial charge >= 0.3 is 0 Å². The van der Waals surface area contributed by atoms with E-state index in [1.54, 1.807) is 7.11 Å². The van der Waals surface area contributed by atoms with Crippen molar-refractivity contribution in [2.45, 2.75) is 38.3 Å². The molecule has 0 spiro atoms. The molecule has 6 heteroatoms. The third-order valence-electron chi connectivity index (χ3n) is 5.74. The second-order valence-corrected chi connectivity index (χ2v) is 7.97. The minimum Gasteiger partial charge on any atom is -0.493 e. The molecule has 2 aromatic carbocycles. The van der Waals surface area contributed by atoms with Gasteiger partial charge in [0.2, 0.25) is 0 Å². The van der Waals surface area contributed by atoms with Gasteiger partial charge in [0.1, 0.15) is 0 Å². The van der Waals surface area contributed by atoms with Crippen LogP contribution in [-0.4, -0.2) is 29.4 Å². The zero-order valence-electron chi connectivity index (χ0n) is 18.4. The Balaban J connectivity index is 1.38. The fourth-order valence-electron chi connectivity index (χ4n) is 4.17. The topological polar surface area (TPSA) is 65.4 Å². The van der Waals surface area contributed by atoms with Gasteiger partial charge in [0.05, 0.1) is 25.9 Å². The number of ether oxygens (including phenoxy) is 2. The molecule has 0 aliphatic heterocycles. The molecule has 1 N–H and O–H groups in total. The predicted octanol–water partition coefficient (Wildman–Crippen LogP) is 4.24. The number of hydrogen-bond acceptors (Lipinski definition) is 4. The van der Waals surface area contributed by atoms with Crippen molar-refractivity contribution in [3.8, 4) is 11.5 Å². The van der Waals surface area contributed by atoms with Gasteiger partial charge < -0.3 is 14.8 Å². The molecule has 4 rings (SSSR count). The largest absolute Gasteiger partial charge is 0.493 e. The van der Waals surface area contributed by atoms with E-state index in [1.807, 2.05) is 48.7 Å². The molecular weight excluding hydrogens is 402 g/mol. The molecule has 6 nitrogen and oxygen atoms in total. The Morgan fingerprint density at radius 2 is 2.06 bits per heavy atom. The minimum atomic E-state index is -0.157. The van der Waals surface area contributed by atoms with Gasteiger partial charge in [-0.2, -0.15) is 5.10 Å². The average Bonchev–Trinajstić information content (AvgIpc) is 3.23. The number of rotatable bonds is 9. The van der Waals surface area contributed by atoms with Crippen LogP contribution in [0.25, 0.3) is 0 Å². The van der Waals surface area contributed by atoms with Gasteiger partial charge in [-0.05, 0) is 48.9 Å². The fourth-order valence-corrected chi connectivity index (χ4v) is 4.17. The molecule has 0 radical (unpaired) electrons. The normalized spacial score (nSPS) is 15.0. The first-order chi connectivity index (χ1) is 15.7. The summed E-state index contributed by atoms with van der Waals surface area (Å²) in [5, 5.41) is 7.72. The summed E-state index contributed by atoms with van der Waals surface area (Å²) in [7, 11) is 1.59. The number of benzene rings is 2. The molecule has 1 aliphatic rings. The molecular formula is C26H29N3O3. The SMILES string of the molecule is C=CCc1ccc(OCC(=O)NC2CCCc3c2cnn3Cc2ccccc2)c(OC)c1. The smallest absolute Gasteiger partial charge is 0.258 e. The number of amides is 1. The summed E-state index contributed by atoms with van der Waals surface area (Å²) in [6.45, 7) is 4.43. The molecule has 166 valence electrons. The van der Waals surface area contributed by atoms with E-state index in [0.717, 1.165) is 43.4 Å². The van der Waals surface area contributed by atoms with Crippen LogP contribution >= 0.6 is 0 Å². The molecule has 0 saturated heterocycles. The van der Waals surface area contributed by atoms with E-state index in [1.165, 1.54) is 11.3 Å². The van der Waals surface area contributed by atoms with Crippen molar-refractivity contribution >= 4 is 5.91 Å². The lowest BCUT2D eigenvalue weighted by Crippen LogP contribution is -2.34. The number of nitrogens with zero attached hydrogens (tertiary/aromatic N) is 2. The maximum absolute atomic E-state index is 12.6. The average molecular weight is 432 g/mol. The van der Waals surface area contributed by atoms with Crippen LogP contribution in [0.1, 0.15) is 41.3 Å². The Labute approximate surface area is 188 Å². The van der Waals surface area contributed by atoms with Crippen LogP contribution < -0.4 is 14.8 Å². The summed E-state index contributed by atoms with van der Waals surface area (Å²) in [6, 6.07) is 15.9. The number of carbonyl (C=O) groups excluding carboxylic acids is 1. The van der Waals surface area contributed by atoms with E-state index in [9.17, 15) is 4.79 Å². The van der Waals surface area contributed by atoms with Crippen molar-refractivity contribution in [3.63, 3.8) is 0 Å². The lowest BCUT2D eigenvalue weighted by atomic mass is 9.93. The quantitative estimate of drug-likeness (QED) is 0.515. The summed E-state index contributed by atoms with van der Waals surface area (Å²) in [5.74, 6) is 1.01. The predicted molar refractivity (Wildman–Crippen MR) is 124 cm³/mol. The maximum atomic E-state index is 12.6. The Hall–Kier alpha value is -3.54. The molecule has 1 atom stereocenters. The van der Waals surface area contributed by atoms with Crippen LogP contribution in [0.3, 0.4) is 0 Å². The van der Waals surface area contributed by atoms with E-state index < -0.39 is 0 Å². The molecule has 1 unspecified atom stereocenters. The van der Waals surface area contributed by atoms with Crippen LogP contribution in [0.5, 0.6) is 11.5 Å². The summed E-state index contributed by atoms with van der Waals surface area (Å²) in [4.78, 5) is 12.6. The Bertz CT molecular complexity index is 1080. The highest BCUT2D eigenvalue weighted by Crippen LogP contribution is 2.31. The van der Waals surface area contributed by atoms with Gasteiger partial charge in [0.25, 0.3) is 5.91 Å². The summed E-state index contributed by atoms with van der Waals surface area (Å²) >= 11 is 0. The third-order valence-corrected chi connectivity index (χ3v) is 5.74. The van der Waals surface area contributed by atoms with Crippen molar-refractivity contribution in [2.24, 2.45) is 0 Å².